The van der Waals surface area contributed by atoms with Gasteiger partial charge in [0.25, 0.3) is 0 Å². The van der Waals surface area contributed by atoms with Crippen LogP contribution < -0.4 is 5.32 Å². The van der Waals surface area contributed by atoms with Crippen LogP contribution in [0.4, 0.5) is 0 Å². The molecule has 1 saturated heterocycles. The van der Waals surface area contributed by atoms with Crippen molar-refractivity contribution < 1.29 is 9.47 Å². The Labute approximate surface area is 128 Å². The van der Waals surface area contributed by atoms with E-state index in [1.54, 1.807) is 0 Å². The molecule has 1 aromatic rings. The highest BCUT2D eigenvalue weighted by Gasteiger charge is 2.24. The maximum Gasteiger partial charge on any atom is 0.0950 e. The van der Waals surface area contributed by atoms with Crippen molar-refractivity contribution in [1.82, 2.24) is 5.32 Å². The quantitative estimate of drug-likeness (QED) is 0.835. The third-order valence-electron chi connectivity index (χ3n) is 4.34. The van der Waals surface area contributed by atoms with E-state index >= 15 is 0 Å². The number of hydrogen-bond donors (Lipinski definition) is 1. The molecule has 0 spiro atoms. The molecule has 0 amide bonds. The van der Waals surface area contributed by atoms with E-state index in [2.05, 4.69) is 36.5 Å². The van der Waals surface area contributed by atoms with Crippen LogP contribution in [0.3, 0.4) is 0 Å². The normalized spacial score (nSPS) is 24.0. The highest BCUT2D eigenvalue weighted by molar-refractivity contribution is 5.24. The average Bonchev–Trinajstić information content (AvgIpc) is 3.32. The fourth-order valence-corrected chi connectivity index (χ4v) is 2.87. The minimum absolute atomic E-state index is 0.135. The fraction of sp³-hybridized carbons (Fsp3) is 0.667. The molecule has 1 N–H and O–H groups in total. The first-order valence-corrected chi connectivity index (χ1v) is 8.34. The molecule has 21 heavy (non-hydrogen) atoms. The predicted octanol–water partition coefficient (Wildman–Crippen LogP) is 3.37. The van der Waals surface area contributed by atoms with Gasteiger partial charge in [0, 0.05) is 19.2 Å². The van der Waals surface area contributed by atoms with Crippen LogP contribution in [0.25, 0.3) is 0 Å². The molecule has 2 unspecified atom stereocenters. The summed E-state index contributed by atoms with van der Waals surface area (Å²) in [6.07, 6.45) is 6.64. The number of aryl methyl sites for hydroxylation is 1. The van der Waals surface area contributed by atoms with Crippen LogP contribution in [0.2, 0.25) is 0 Å². The SMILES string of the molecule is Cc1cccc(C(CNC2CC2)OCC2CCCCO2)c1. The van der Waals surface area contributed by atoms with Crippen LogP contribution in [0.5, 0.6) is 0 Å². The Kier molecular flexibility index (Phi) is 5.28. The molecule has 1 aliphatic heterocycles. The van der Waals surface area contributed by atoms with Gasteiger partial charge in [-0.2, -0.15) is 0 Å². The van der Waals surface area contributed by atoms with Crippen molar-refractivity contribution >= 4 is 0 Å². The van der Waals surface area contributed by atoms with Crippen molar-refractivity contribution in [2.75, 3.05) is 19.8 Å². The second-order valence-corrected chi connectivity index (χ2v) is 6.41. The molecule has 3 heteroatoms. The van der Waals surface area contributed by atoms with Crippen LogP contribution in [-0.4, -0.2) is 31.9 Å². The number of nitrogens with one attached hydrogen (secondary N) is 1. The van der Waals surface area contributed by atoms with E-state index in [4.69, 9.17) is 9.47 Å². The topological polar surface area (TPSA) is 30.5 Å². The van der Waals surface area contributed by atoms with Gasteiger partial charge >= 0.3 is 0 Å². The molecule has 1 heterocycles. The molecule has 116 valence electrons. The van der Waals surface area contributed by atoms with Gasteiger partial charge in [0.1, 0.15) is 0 Å². The van der Waals surface area contributed by atoms with Gasteiger partial charge in [-0.3, -0.25) is 0 Å². The Bertz CT molecular complexity index is 439. The van der Waals surface area contributed by atoms with Gasteiger partial charge in [-0.05, 0) is 44.6 Å². The third-order valence-corrected chi connectivity index (χ3v) is 4.34. The Morgan fingerprint density at radius 3 is 2.90 bits per heavy atom. The predicted molar refractivity (Wildman–Crippen MR) is 84.5 cm³/mol. The van der Waals surface area contributed by atoms with E-state index in [1.165, 1.54) is 36.8 Å². The molecule has 1 aliphatic carbocycles. The molecule has 3 nitrogen and oxygen atoms in total. The van der Waals surface area contributed by atoms with Crippen molar-refractivity contribution in [3.05, 3.63) is 35.4 Å². The summed E-state index contributed by atoms with van der Waals surface area (Å²) in [6.45, 7) is 4.65. The van der Waals surface area contributed by atoms with Crippen molar-refractivity contribution in [2.24, 2.45) is 0 Å². The lowest BCUT2D eigenvalue weighted by molar-refractivity contribution is -0.0634. The smallest absolute Gasteiger partial charge is 0.0950 e. The highest BCUT2D eigenvalue weighted by Crippen LogP contribution is 2.24. The number of ether oxygens (including phenoxy) is 2. The monoisotopic (exact) mass is 289 g/mol. The van der Waals surface area contributed by atoms with Crippen molar-refractivity contribution in [1.29, 1.82) is 0 Å². The van der Waals surface area contributed by atoms with E-state index in [-0.39, 0.29) is 12.2 Å². The molecule has 3 rings (SSSR count). The van der Waals surface area contributed by atoms with Crippen LogP contribution in [0.1, 0.15) is 49.3 Å². The zero-order chi connectivity index (χ0) is 14.5. The largest absolute Gasteiger partial charge is 0.376 e. The van der Waals surface area contributed by atoms with Gasteiger partial charge in [0.2, 0.25) is 0 Å². The Morgan fingerprint density at radius 1 is 1.29 bits per heavy atom. The maximum atomic E-state index is 6.21. The molecule has 2 fully saturated rings. The van der Waals surface area contributed by atoms with Crippen LogP contribution in [0.15, 0.2) is 24.3 Å². The molecular formula is C18H27NO2. The first-order chi connectivity index (χ1) is 10.3. The molecule has 2 atom stereocenters. The van der Waals surface area contributed by atoms with Gasteiger partial charge in [-0.1, -0.05) is 29.8 Å². The lowest BCUT2D eigenvalue weighted by Gasteiger charge is -2.26. The van der Waals surface area contributed by atoms with Gasteiger partial charge < -0.3 is 14.8 Å². The van der Waals surface area contributed by atoms with Gasteiger partial charge in [0.05, 0.1) is 18.8 Å². The lowest BCUT2D eigenvalue weighted by Crippen LogP contribution is -2.30. The Hall–Kier alpha value is -0.900. The van der Waals surface area contributed by atoms with E-state index < -0.39 is 0 Å². The maximum absolute atomic E-state index is 6.21. The van der Waals surface area contributed by atoms with E-state index in [0.717, 1.165) is 19.6 Å². The van der Waals surface area contributed by atoms with Gasteiger partial charge in [-0.25, -0.2) is 0 Å². The summed E-state index contributed by atoms with van der Waals surface area (Å²) in [5, 5.41) is 3.60. The molecule has 1 saturated carbocycles. The Balaban J connectivity index is 1.57. The summed E-state index contributed by atoms with van der Waals surface area (Å²) in [6, 6.07) is 9.38. The number of rotatable bonds is 7. The molecular weight excluding hydrogens is 262 g/mol. The average molecular weight is 289 g/mol. The van der Waals surface area contributed by atoms with Crippen LogP contribution in [0, 0.1) is 6.92 Å². The van der Waals surface area contributed by atoms with Gasteiger partial charge in [-0.15, -0.1) is 0 Å². The van der Waals surface area contributed by atoms with E-state index in [9.17, 15) is 0 Å². The molecule has 0 bridgehead atoms. The zero-order valence-corrected chi connectivity index (χ0v) is 13.0. The molecule has 2 aliphatic rings. The summed E-state index contributed by atoms with van der Waals surface area (Å²) >= 11 is 0. The van der Waals surface area contributed by atoms with E-state index in [0.29, 0.717) is 12.6 Å². The van der Waals surface area contributed by atoms with Crippen molar-refractivity contribution in [3.8, 4) is 0 Å². The molecule has 0 aromatic heterocycles. The standard InChI is InChI=1S/C18H27NO2/c1-14-5-4-6-15(11-14)18(12-19-16-8-9-16)21-13-17-7-2-3-10-20-17/h4-6,11,16-19H,2-3,7-10,12-13H2,1H3. The number of benzene rings is 1. The summed E-state index contributed by atoms with van der Waals surface area (Å²) in [4.78, 5) is 0. The second kappa shape index (κ2) is 7.39. The summed E-state index contributed by atoms with van der Waals surface area (Å²) < 4.78 is 12.0. The minimum atomic E-state index is 0.135. The summed E-state index contributed by atoms with van der Waals surface area (Å²) in [5.41, 5.74) is 2.57. The minimum Gasteiger partial charge on any atom is -0.376 e. The first kappa shape index (κ1) is 15.0. The molecule has 1 aromatic carbocycles. The lowest BCUT2D eigenvalue weighted by atomic mass is 10.1. The van der Waals surface area contributed by atoms with Crippen LogP contribution >= 0.6 is 0 Å². The zero-order valence-electron chi connectivity index (χ0n) is 13.0. The summed E-state index contributed by atoms with van der Waals surface area (Å²) in [7, 11) is 0. The van der Waals surface area contributed by atoms with Crippen molar-refractivity contribution in [3.63, 3.8) is 0 Å². The van der Waals surface area contributed by atoms with Crippen LogP contribution in [-0.2, 0) is 9.47 Å². The Morgan fingerprint density at radius 2 is 2.19 bits per heavy atom. The summed E-state index contributed by atoms with van der Waals surface area (Å²) in [5.74, 6) is 0. The number of hydrogen-bond acceptors (Lipinski definition) is 3. The molecule has 0 radical (unpaired) electrons. The van der Waals surface area contributed by atoms with Gasteiger partial charge in [0.15, 0.2) is 0 Å². The first-order valence-electron chi connectivity index (χ1n) is 8.34. The second-order valence-electron chi connectivity index (χ2n) is 6.41. The van der Waals surface area contributed by atoms with E-state index in [1.807, 2.05) is 0 Å². The third kappa shape index (κ3) is 4.80. The van der Waals surface area contributed by atoms with Crippen molar-refractivity contribution in [2.45, 2.75) is 57.3 Å². The highest BCUT2D eigenvalue weighted by atomic mass is 16.5. The fourth-order valence-electron chi connectivity index (χ4n) is 2.87.